The zero-order valence-corrected chi connectivity index (χ0v) is 11.2. The Kier molecular flexibility index (Phi) is 4.19. The smallest absolute Gasteiger partial charge is 0.233 e. The van der Waals surface area contributed by atoms with Gasteiger partial charge >= 0.3 is 0 Å². The molecular weight excluding hydrogens is 222 g/mol. The quantitative estimate of drug-likeness (QED) is 0.745. The molecule has 0 saturated heterocycles. The Balaban J connectivity index is 2.34. The van der Waals surface area contributed by atoms with Gasteiger partial charge in [-0.1, -0.05) is 42.0 Å². The van der Waals surface area contributed by atoms with Crippen LogP contribution in [-0.4, -0.2) is 24.9 Å². The molecule has 0 aromatic heterocycles. The van der Waals surface area contributed by atoms with Gasteiger partial charge in [0.25, 0.3) is 0 Å². The van der Waals surface area contributed by atoms with E-state index in [1.54, 1.807) is 4.90 Å². The number of likely N-dealkylation sites (N-methyl/N-ethyl adjacent to an activating group) is 1. The highest BCUT2D eigenvalue weighted by atomic mass is 16.2. The van der Waals surface area contributed by atoms with Crippen LogP contribution in [0.25, 0.3) is 0 Å². The molecule has 0 fully saturated rings. The molecule has 18 heavy (non-hydrogen) atoms. The summed E-state index contributed by atoms with van der Waals surface area (Å²) in [5.74, 6) is 0.107. The number of benzene rings is 1. The highest BCUT2D eigenvalue weighted by molar-refractivity contribution is 5.86. The van der Waals surface area contributed by atoms with E-state index in [9.17, 15) is 4.79 Å². The van der Waals surface area contributed by atoms with Crippen molar-refractivity contribution in [3.05, 3.63) is 47.5 Å². The number of carbonyl (C=O) groups excluding carboxylic acids is 1. The molecule has 1 aromatic rings. The number of hydrogen-bond acceptors (Lipinski definition) is 1. The van der Waals surface area contributed by atoms with Gasteiger partial charge in [0.05, 0.1) is 5.92 Å². The molecule has 1 amide bonds. The maximum Gasteiger partial charge on any atom is 0.233 e. The Morgan fingerprint density at radius 2 is 1.89 bits per heavy atom. The Bertz CT molecular complexity index is 434. The minimum Gasteiger partial charge on any atom is -0.348 e. The van der Waals surface area contributed by atoms with Crippen LogP contribution in [-0.2, 0) is 4.79 Å². The van der Waals surface area contributed by atoms with Crippen LogP contribution in [0.1, 0.15) is 37.2 Å². The standard InChI is InChI=1S/C16H21NO/c1-17(2)16(18)15(13-9-5-3-6-10-13)14-11-7-4-8-12-14/h3,5-6,9-11,15H,4,7-8,12H2,1-2H3/t15-/m1/s1. The highest BCUT2D eigenvalue weighted by Gasteiger charge is 2.26. The lowest BCUT2D eigenvalue weighted by molar-refractivity contribution is -0.129. The summed E-state index contributed by atoms with van der Waals surface area (Å²) in [4.78, 5) is 14.1. The predicted octanol–water partition coefficient (Wildman–Crippen LogP) is 3.36. The molecule has 1 aliphatic rings. The maximum atomic E-state index is 12.4. The molecule has 0 saturated carbocycles. The van der Waals surface area contributed by atoms with Crippen LogP contribution in [0.15, 0.2) is 42.0 Å². The third-order valence-electron chi connectivity index (χ3n) is 3.52. The van der Waals surface area contributed by atoms with Gasteiger partial charge in [0, 0.05) is 14.1 Å². The van der Waals surface area contributed by atoms with Crippen molar-refractivity contribution in [2.45, 2.75) is 31.6 Å². The van der Waals surface area contributed by atoms with Gasteiger partial charge in [-0.25, -0.2) is 0 Å². The molecular formula is C16H21NO. The molecule has 0 aliphatic heterocycles. The molecule has 1 aliphatic carbocycles. The first-order valence-electron chi connectivity index (χ1n) is 6.65. The molecule has 0 heterocycles. The van der Waals surface area contributed by atoms with Crippen LogP contribution in [0.4, 0.5) is 0 Å². The fourth-order valence-electron chi connectivity index (χ4n) is 2.54. The van der Waals surface area contributed by atoms with Crippen LogP contribution < -0.4 is 0 Å². The lowest BCUT2D eigenvalue weighted by atomic mass is 9.84. The fraction of sp³-hybridized carbons (Fsp3) is 0.438. The molecule has 2 nitrogen and oxygen atoms in total. The number of hydrogen-bond donors (Lipinski definition) is 0. The lowest BCUT2D eigenvalue weighted by Crippen LogP contribution is -2.29. The number of allylic oxidation sites excluding steroid dienone is 1. The van der Waals surface area contributed by atoms with Gasteiger partial charge in [-0.2, -0.15) is 0 Å². The molecule has 2 rings (SSSR count). The van der Waals surface area contributed by atoms with Crippen LogP contribution in [0.2, 0.25) is 0 Å². The van der Waals surface area contributed by atoms with Gasteiger partial charge in [0.1, 0.15) is 0 Å². The minimum atomic E-state index is -0.0819. The van der Waals surface area contributed by atoms with Crippen molar-refractivity contribution in [1.29, 1.82) is 0 Å². The van der Waals surface area contributed by atoms with Gasteiger partial charge in [-0.15, -0.1) is 0 Å². The van der Waals surface area contributed by atoms with E-state index >= 15 is 0 Å². The monoisotopic (exact) mass is 243 g/mol. The number of carbonyl (C=O) groups is 1. The summed E-state index contributed by atoms with van der Waals surface area (Å²) >= 11 is 0. The van der Waals surface area contributed by atoms with Crippen molar-refractivity contribution in [2.75, 3.05) is 14.1 Å². The van der Waals surface area contributed by atoms with E-state index in [0.717, 1.165) is 18.4 Å². The average Bonchev–Trinajstić information content (AvgIpc) is 2.41. The van der Waals surface area contributed by atoms with Gasteiger partial charge in [-0.05, 0) is 31.2 Å². The van der Waals surface area contributed by atoms with Crippen molar-refractivity contribution in [3.63, 3.8) is 0 Å². The second-order valence-corrected chi connectivity index (χ2v) is 5.10. The molecule has 0 unspecified atom stereocenters. The van der Waals surface area contributed by atoms with E-state index in [-0.39, 0.29) is 11.8 Å². The fourth-order valence-corrected chi connectivity index (χ4v) is 2.54. The van der Waals surface area contributed by atoms with Crippen molar-refractivity contribution >= 4 is 5.91 Å². The van der Waals surface area contributed by atoms with E-state index in [2.05, 4.69) is 18.2 Å². The third-order valence-corrected chi connectivity index (χ3v) is 3.52. The summed E-state index contributed by atoms with van der Waals surface area (Å²) in [6, 6.07) is 10.1. The van der Waals surface area contributed by atoms with E-state index in [0.29, 0.717) is 0 Å². The molecule has 0 bridgehead atoms. The molecule has 2 heteroatoms. The second kappa shape index (κ2) is 5.85. The second-order valence-electron chi connectivity index (χ2n) is 5.10. The molecule has 0 radical (unpaired) electrons. The van der Waals surface area contributed by atoms with Crippen LogP contribution in [0.3, 0.4) is 0 Å². The lowest BCUT2D eigenvalue weighted by Gasteiger charge is -2.25. The first-order chi connectivity index (χ1) is 8.70. The zero-order chi connectivity index (χ0) is 13.0. The first kappa shape index (κ1) is 12.9. The molecule has 0 N–H and O–H groups in total. The topological polar surface area (TPSA) is 20.3 Å². The molecule has 0 spiro atoms. The summed E-state index contributed by atoms with van der Waals surface area (Å²) in [5, 5.41) is 0. The van der Waals surface area contributed by atoms with Crippen LogP contribution in [0, 0.1) is 0 Å². The van der Waals surface area contributed by atoms with E-state index in [1.807, 2.05) is 32.3 Å². The predicted molar refractivity (Wildman–Crippen MR) is 74.4 cm³/mol. The largest absolute Gasteiger partial charge is 0.348 e. The van der Waals surface area contributed by atoms with E-state index in [4.69, 9.17) is 0 Å². The Labute approximate surface area is 109 Å². The minimum absolute atomic E-state index is 0.0819. The van der Waals surface area contributed by atoms with Crippen LogP contribution in [0.5, 0.6) is 0 Å². The summed E-state index contributed by atoms with van der Waals surface area (Å²) in [6.45, 7) is 0. The molecule has 1 atom stereocenters. The van der Waals surface area contributed by atoms with Crippen molar-refractivity contribution in [3.8, 4) is 0 Å². The highest BCUT2D eigenvalue weighted by Crippen LogP contribution is 2.32. The average molecular weight is 243 g/mol. The van der Waals surface area contributed by atoms with Crippen LogP contribution >= 0.6 is 0 Å². The molecule has 96 valence electrons. The first-order valence-corrected chi connectivity index (χ1v) is 6.65. The number of rotatable bonds is 3. The number of amides is 1. The Hall–Kier alpha value is -1.57. The summed E-state index contributed by atoms with van der Waals surface area (Å²) in [6.07, 6.45) is 6.89. The van der Waals surface area contributed by atoms with Crippen molar-refractivity contribution in [1.82, 2.24) is 4.90 Å². The summed E-state index contributed by atoms with van der Waals surface area (Å²) in [5.41, 5.74) is 2.41. The van der Waals surface area contributed by atoms with Gasteiger partial charge < -0.3 is 4.90 Å². The van der Waals surface area contributed by atoms with Gasteiger partial charge in [0.2, 0.25) is 5.91 Å². The van der Waals surface area contributed by atoms with Gasteiger partial charge in [0.15, 0.2) is 0 Å². The van der Waals surface area contributed by atoms with Gasteiger partial charge in [-0.3, -0.25) is 4.79 Å². The van der Waals surface area contributed by atoms with Crippen molar-refractivity contribution in [2.24, 2.45) is 0 Å². The Morgan fingerprint density at radius 1 is 1.17 bits per heavy atom. The van der Waals surface area contributed by atoms with E-state index < -0.39 is 0 Å². The Morgan fingerprint density at radius 3 is 2.44 bits per heavy atom. The maximum absolute atomic E-state index is 12.4. The summed E-state index contributed by atoms with van der Waals surface area (Å²) < 4.78 is 0. The van der Waals surface area contributed by atoms with E-state index in [1.165, 1.54) is 18.4 Å². The van der Waals surface area contributed by atoms with Crippen molar-refractivity contribution < 1.29 is 4.79 Å². The zero-order valence-electron chi connectivity index (χ0n) is 11.2. The molecule has 1 aromatic carbocycles. The SMILES string of the molecule is CN(C)C(=O)[C@@H](C1=CCCCC1)c1ccccc1. The normalized spacial score (nSPS) is 16.9. The summed E-state index contributed by atoms with van der Waals surface area (Å²) in [7, 11) is 3.67. The number of nitrogens with zero attached hydrogens (tertiary/aromatic N) is 1. The third kappa shape index (κ3) is 2.81.